The van der Waals surface area contributed by atoms with Crippen LogP contribution in [0.3, 0.4) is 0 Å². The number of hydrogen-bond donors (Lipinski definition) is 1. The van der Waals surface area contributed by atoms with Crippen LogP contribution in [0.25, 0.3) is 16.9 Å². The zero-order valence-corrected chi connectivity index (χ0v) is 17.4. The molecule has 0 spiro atoms. The third-order valence-corrected chi connectivity index (χ3v) is 4.98. The number of hydrogen-bond acceptors (Lipinski definition) is 6. The minimum absolute atomic E-state index is 0.143. The Kier molecular flexibility index (Phi) is 5.47. The molecule has 0 radical (unpaired) electrons. The van der Waals surface area contributed by atoms with Crippen molar-refractivity contribution in [1.82, 2.24) is 9.78 Å². The van der Waals surface area contributed by atoms with Crippen LogP contribution < -0.4 is 14.8 Å². The fourth-order valence-electron chi connectivity index (χ4n) is 3.42. The zero-order chi connectivity index (χ0) is 22.6. The van der Waals surface area contributed by atoms with Gasteiger partial charge in [-0.25, -0.2) is 9.48 Å². The molecule has 5 rings (SSSR count). The Labute approximate surface area is 189 Å². The van der Waals surface area contributed by atoms with Gasteiger partial charge in [-0.2, -0.15) is 5.10 Å². The first-order chi connectivity index (χ1) is 16.2. The Morgan fingerprint density at radius 1 is 0.909 bits per heavy atom. The number of amides is 1. The molecule has 0 aliphatic carbocycles. The second-order valence-electron chi connectivity index (χ2n) is 7.22. The molecule has 8 nitrogen and oxygen atoms in total. The van der Waals surface area contributed by atoms with E-state index in [0.717, 1.165) is 5.56 Å². The average molecular weight is 441 g/mol. The lowest BCUT2D eigenvalue weighted by Crippen LogP contribution is -2.22. The number of fused-ring (bicyclic) bond motifs is 1. The molecule has 0 unspecified atom stereocenters. The Hall–Kier alpha value is -4.59. The van der Waals surface area contributed by atoms with Crippen LogP contribution in [0.4, 0.5) is 5.69 Å². The second kappa shape index (κ2) is 8.88. The van der Waals surface area contributed by atoms with E-state index in [1.165, 1.54) is 4.68 Å². The third kappa shape index (κ3) is 4.40. The summed E-state index contributed by atoms with van der Waals surface area (Å²) < 4.78 is 17.4. The number of esters is 1. The van der Waals surface area contributed by atoms with Crippen molar-refractivity contribution in [2.75, 3.05) is 18.7 Å². The fraction of sp³-hybridized carbons (Fsp3) is 0.0800. The molecule has 8 heteroatoms. The van der Waals surface area contributed by atoms with Crippen LogP contribution in [-0.4, -0.2) is 35.1 Å². The largest absolute Gasteiger partial charge is 0.454 e. The van der Waals surface area contributed by atoms with Gasteiger partial charge in [0, 0.05) is 17.3 Å². The quantitative estimate of drug-likeness (QED) is 0.454. The van der Waals surface area contributed by atoms with E-state index in [-0.39, 0.29) is 12.5 Å². The monoisotopic (exact) mass is 441 g/mol. The van der Waals surface area contributed by atoms with Gasteiger partial charge in [0.05, 0.1) is 11.4 Å². The third-order valence-electron chi connectivity index (χ3n) is 4.98. The van der Waals surface area contributed by atoms with E-state index in [2.05, 4.69) is 10.4 Å². The predicted octanol–water partition coefficient (Wildman–Crippen LogP) is 4.06. The summed E-state index contributed by atoms with van der Waals surface area (Å²) in [6.07, 6.45) is 0. The maximum absolute atomic E-state index is 12.9. The Bertz CT molecular complexity index is 1300. The summed E-state index contributed by atoms with van der Waals surface area (Å²) in [5, 5.41) is 7.27. The molecule has 1 aromatic heterocycles. The van der Waals surface area contributed by atoms with E-state index in [0.29, 0.717) is 28.6 Å². The first-order valence-corrected chi connectivity index (χ1v) is 10.2. The maximum Gasteiger partial charge on any atom is 0.357 e. The van der Waals surface area contributed by atoms with Crippen LogP contribution in [0.1, 0.15) is 10.5 Å². The maximum atomic E-state index is 12.9. The molecule has 0 saturated carbocycles. The number of aromatic nitrogens is 2. The molecule has 164 valence electrons. The van der Waals surface area contributed by atoms with Crippen LogP contribution in [0.15, 0.2) is 84.9 Å². The summed E-state index contributed by atoms with van der Waals surface area (Å²) in [5.41, 5.74) is 2.92. The molecular weight excluding hydrogens is 422 g/mol. The fourth-order valence-corrected chi connectivity index (χ4v) is 3.42. The predicted molar refractivity (Wildman–Crippen MR) is 120 cm³/mol. The van der Waals surface area contributed by atoms with E-state index in [1.54, 1.807) is 24.3 Å². The highest BCUT2D eigenvalue weighted by Gasteiger charge is 2.20. The van der Waals surface area contributed by atoms with E-state index in [9.17, 15) is 9.59 Å². The van der Waals surface area contributed by atoms with Gasteiger partial charge in [0.1, 0.15) is 0 Å². The average Bonchev–Trinajstić information content (AvgIpc) is 3.51. The summed E-state index contributed by atoms with van der Waals surface area (Å²) in [5.74, 6) is 0.0264. The normalized spacial score (nSPS) is 11.8. The Balaban J connectivity index is 1.32. The van der Waals surface area contributed by atoms with Gasteiger partial charge in [-0.3, -0.25) is 4.79 Å². The minimum Gasteiger partial charge on any atom is -0.454 e. The van der Waals surface area contributed by atoms with Crippen molar-refractivity contribution in [2.45, 2.75) is 0 Å². The highest BCUT2D eigenvalue weighted by Crippen LogP contribution is 2.34. The molecule has 0 fully saturated rings. The number of benzene rings is 3. The number of carbonyl (C=O) groups excluding carboxylic acids is 2. The number of nitrogens with one attached hydrogen (secondary N) is 1. The van der Waals surface area contributed by atoms with Crippen LogP contribution >= 0.6 is 0 Å². The van der Waals surface area contributed by atoms with Gasteiger partial charge in [-0.1, -0.05) is 48.5 Å². The van der Waals surface area contributed by atoms with Crippen LogP contribution in [0.5, 0.6) is 11.5 Å². The molecule has 1 N–H and O–H groups in total. The molecule has 2 heterocycles. The van der Waals surface area contributed by atoms with Crippen molar-refractivity contribution in [2.24, 2.45) is 0 Å². The number of anilines is 1. The molecule has 3 aromatic carbocycles. The van der Waals surface area contributed by atoms with Crippen molar-refractivity contribution < 1.29 is 23.8 Å². The molecule has 33 heavy (non-hydrogen) atoms. The molecule has 1 aliphatic heterocycles. The number of nitrogens with zero attached hydrogens (tertiary/aromatic N) is 2. The summed E-state index contributed by atoms with van der Waals surface area (Å²) in [7, 11) is 0. The van der Waals surface area contributed by atoms with Crippen LogP contribution in [-0.2, 0) is 9.53 Å². The van der Waals surface area contributed by atoms with Gasteiger partial charge in [0.25, 0.3) is 5.91 Å². The Morgan fingerprint density at radius 3 is 2.42 bits per heavy atom. The highest BCUT2D eigenvalue weighted by atomic mass is 16.7. The second-order valence-corrected chi connectivity index (χ2v) is 7.22. The SMILES string of the molecule is O=C(COC(=O)c1cc(-c2ccccc2)nn1-c1ccccc1)Nc1ccc2c(c1)OCO2. The first kappa shape index (κ1) is 20.3. The van der Waals surface area contributed by atoms with Crippen molar-refractivity contribution in [3.63, 3.8) is 0 Å². The number of para-hydroxylation sites is 1. The lowest BCUT2D eigenvalue weighted by Gasteiger charge is -2.09. The molecule has 1 aliphatic rings. The molecule has 0 bridgehead atoms. The van der Waals surface area contributed by atoms with E-state index >= 15 is 0 Å². The lowest BCUT2D eigenvalue weighted by atomic mass is 10.1. The molecule has 0 saturated heterocycles. The number of rotatable bonds is 6. The molecular formula is C25H19N3O5. The van der Waals surface area contributed by atoms with E-state index in [4.69, 9.17) is 14.2 Å². The van der Waals surface area contributed by atoms with Crippen molar-refractivity contribution in [3.05, 3.63) is 90.6 Å². The Morgan fingerprint density at radius 2 is 1.64 bits per heavy atom. The summed E-state index contributed by atoms with van der Waals surface area (Å²) in [6.45, 7) is -0.307. The molecule has 4 aromatic rings. The van der Waals surface area contributed by atoms with Crippen molar-refractivity contribution >= 4 is 17.6 Å². The summed E-state index contributed by atoms with van der Waals surface area (Å²) in [6, 6.07) is 25.5. The zero-order valence-electron chi connectivity index (χ0n) is 17.4. The van der Waals surface area contributed by atoms with Gasteiger partial charge in [0.2, 0.25) is 6.79 Å². The van der Waals surface area contributed by atoms with Gasteiger partial charge in [-0.15, -0.1) is 0 Å². The summed E-state index contributed by atoms with van der Waals surface area (Å²) >= 11 is 0. The number of ether oxygens (including phenoxy) is 3. The van der Waals surface area contributed by atoms with Gasteiger partial charge in [-0.05, 0) is 30.3 Å². The van der Waals surface area contributed by atoms with E-state index in [1.807, 2.05) is 60.7 Å². The topological polar surface area (TPSA) is 91.7 Å². The van der Waals surface area contributed by atoms with Crippen molar-refractivity contribution in [1.29, 1.82) is 0 Å². The lowest BCUT2D eigenvalue weighted by molar-refractivity contribution is -0.119. The van der Waals surface area contributed by atoms with Crippen LogP contribution in [0, 0.1) is 0 Å². The minimum atomic E-state index is -0.658. The molecule has 1 amide bonds. The van der Waals surface area contributed by atoms with Crippen molar-refractivity contribution in [3.8, 4) is 28.4 Å². The van der Waals surface area contributed by atoms with Gasteiger partial charge < -0.3 is 19.5 Å². The smallest absolute Gasteiger partial charge is 0.357 e. The highest BCUT2D eigenvalue weighted by molar-refractivity contribution is 5.95. The van der Waals surface area contributed by atoms with E-state index < -0.39 is 18.5 Å². The number of carbonyl (C=O) groups is 2. The van der Waals surface area contributed by atoms with Gasteiger partial charge >= 0.3 is 5.97 Å². The standard InChI is InChI=1S/C25H19N3O5/c29-24(26-18-11-12-22-23(13-18)33-16-32-22)15-31-25(30)21-14-20(17-7-3-1-4-8-17)27-28(21)19-9-5-2-6-10-19/h1-14H,15-16H2,(H,26,29). The first-order valence-electron chi connectivity index (χ1n) is 10.2. The van der Waals surface area contributed by atoms with Crippen LogP contribution in [0.2, 0.25) is 0 Å². The van der Waals surface area contributed by atoms with Gasteiger partial charge in [0.15, 0.2) is 23.8 Å². The molecule has 0 atom stereocenters. The summed E-state index contributed by atoms with van der Waals surface area (Å²) in [4.78, 5) is 25.2.